The summed E-state index contributed by atoms with van der Waals surface area (Å²) in [6.45, 7) is 1.18. The molecule has 2 rings (SSSR count). The number of thiophene rings is 1. The average molecular weight is 377 g/mol. The minimum Gasteiger partial charge on any atom is -0.351 e. The maximum absolute atomic E-state index is 12.3. The number of allylic oxidation sites excluding steroid dienone is 1. The number of carbonyl (C=O) groups excluding carboxylic acids is 2. The fourth-order valence-electron chi connectivity index (χ4n) is 2.24. The minimum absolute atomic E-state index is 0.229. The third-order valence-electron chi connectivity index (χ3n) is 3.46. The second-order valence-corrected chi connectivity index (χ2v) is 6.54. The molecule has 10 heteroatoms. The van der Waals surface area contributed by atoms with Crippen molar-refractivity contribution in [3.63, 3.8) is 0 Å². The Hall–Kier alpha value is -2.07. The van der Waals surface area contributed by atoms with Crippen molar-refractivity contribution in [3.8, 4) is 0 Å². The van der Waals surface area contributed by atoms with Gasteiger partial charge in [-0.05, 0) is 32.5 Å². The number of hydrogen-bond donors (Lipinski definition) is 2. The Balaban J connectivity index is 2.04. The molecule has 138 valence electrons. The molecular formula is C15H18F3N3O3S. The molecular weight excluding hydrogens is 359 g/mol. The first kappa shape index (κ1) is 19.3. The number of nitrogens with zero attached hydrogens (tertiary/aromatic N) is 1. The van der Waals surface area contributed by atoms with Gasteiger partial charge in [-0.1, -0.05) is 6.08 Å². The Kier molecular flexibility index (Phi) is 6.07. The van der Waals surface area contributed by atoms with Crippen molar-refractivity contribution in [3.05, 3.63) is 27.5 Å². The van der Waals surface area contributed by atoms with Crippen LogP contribution in [0.3, 0.4) is 0 Å². The van der Waals surface area contributed by atoms with Crippen LogP contribution in [0, 0.1) is 0 Å². The molecule has 1 aliphatic carbocycles. The van der Waals surface area contributed by atoms with Crippen molar-refractivity contribution in [2.24, 2.45) is 0 Å². The Bertz CT molecular complexity index is 683. The van der Waals surface area contributed by atoms with Crippen molar-refractivity contribution < 1.29 is 27.6 Å². The van der Waals surface area contributed by atoms with Crippen molar-refractivity contribution in [1.29, 1.82) is 0 Å². The molecule has 1 aromatic heterocycles. The van der Waals surface area contributed by atoms with Crippen molar-refractivity contribution in [2.45, 2.75) is 19.0 Å². The standard InChI is InChI=1S/C15H18F3N3O3S/c1-21(2)7-6-19-13(22)10-8-25-12-9(10)4-3-5-11(12)20-24-14(23)15(16,17)18/h5,8,20H,3-4,6-7H2,1-2H3,(H,19,22). The highest BCUT2D eigenvalue weighted by molar-refractivity contribution is 7.11. The molecule has 0 aliphatic heterocycles. The number of likely N-dealkylation sites (N-methyl/N-ethyl adjacent to an activating group) is 1. The molecule has 1 amide bonds. The van der Waals surface area contributed by atoms with E-state index < -0.39 is 12.1 Å². The Morgan fingerprint density at radius 2 is 2.08 bits per heavy atom. The van der Waals surface area contributed by atoms with E-state index in [4.69, 9.17) is 0 Å². The smallest absolute Gasteiger partial charge is 0.351 e. The fourth-order valence-corrected chi connectivity index (χ4v) is 3.33. The highest BCUT2D eigenvalue weighted by Crippen LogP contribution is 2.33. The van der Waals surface area contributed by atoms with Gasteiger partial charge in [-0.2, -0.15) is 13.2 Å². The van der Waals surface area contributed by atoms with Crippen molar-refractivity contribution >= 4 is 28.9 Å². The maximum Gasteiger partial charge on any atom is 0.493 e. The molecule has 0 bridgehead atoms. The van der Waals surface area contributed by atoms with Crippen LogP contribution in [0.1, 0.15) is 27.2 Å². The first-order valence-corrected chi connectivity index (χ1v) is 8.36. The van der Waals surface area contributed by atoms with E-state index in [1.807, 2.05) is 19.0 Å². The third-order valence-corrected chi connectivity index (χ3v) is 4.51. The van der Waals surface area contributed by atoms with Crippen LogP contribution in [0.15, 0.2) is 11.5 Å². The second kappa shape index (κ2) is 7.87. The van der Waals surface area contributed by atoms with Crippen LogP contribution in [0.25, 0.3) is 5.70 Å². The zero-order valence-corrected chi connectivity index (χ0v) is 14.5. The van der Waals surface area contributed by atoms with Crippen LogP contribution in [0.4, 0.5) is 13.2 Å². The summed E-state index contributed by atoms with van der Waals surface area (Å²) in [6.07, 6.45) is -2.32. The molecule has 1 aliphatic rings. The lowest BCUT2D eigenvalue weighted by Crippen LogP contribution is -2.32. The van der Waals surface area contributed by atoms with Gasteiger partial charge in [0, 0.05) is 18.5 Å². The summed E-state index contributed by atoms with van der Waals surface area (Å²) < 4.78 is 36.6. The summed E-state index contributed by atoms with van der Waals surface area (Å²) in [4.78, 5) is 29.7. The van der Waals surface area contributed by atoms with Gasteiger partial charge < -0.3 is 15.1 Å². The van der Waals surface area contributed by atoms with Gasteiger partial charge >= 0.3 is 12.1 Å². The van der Waals surface area contributed by atoms with Crippen molar-refractivity contribution in [2.75, 3.05) is 27.2 Å². The van der Waals surface area contributed by atoms with Gasteiger partial charge in [0.25, 0.3) is 5.91 Å². The zero-order chi connectivity index (χ0) is 18.6. The molecule has 0 unspecified atom stereocenters. The zero-order valence-electron chi connectivity index (χ0n) is 13.7. The van der Waals surface area contributed by atoms with E-state index in [0.29, 0.717) is 36.4 Å². The molecule has 0 saturated carbocycles. The SMILES string of the molecule is CN(C)CCNC(=O)c1csc2c1CCC=C2NOC(=O)C(F)(F)F. The number of nitrogens with one attached hydrogen (secondary N) is 2. The summed E-state index contributed by atoms with van der Waals surface area (Å²) >= 11 is 1.21. The highest BCUT2D eigenvalue weighted by Gasteiger charge is 2.42. The molecule has 1 heterocycles. The number of carbonyl (C=O) groups is 2. The fraction of sp³-hybridized carbons (Fsp3) is 0.467. The van der Waals surface area contributed by atoms with Crippen LogP contribution in [-0.2, 0) is 16.1 Å². The first-order chi connectivity index (χ1) is 11.7. The van der Waals surface area contributed by atoms with Crippen LogP contribution in [-0.4, -0.2) is 50.1 Å². The predicted molar refractivity (Wildman–Crippen MR) is 86.8 cm³/mol. The quantitative estimate of drug-likeness (QED) is 0.742. The monoisotopic (exact) mass is 377 g/mol. The number of hydrogen-bond acceptors (Lipinski definition) is 6. The van der Waals surface area contributed by atoms with Gasteiger partial charge in [0.1, 0.15) is 0 Å². The Morgan fingerprint density at radius 1 is 1.36 bits per heavy atom. The van der Waals surface area contributed by atoms with E-state index in [9.17, 15) is 22.8 Å². The number of alkyl halides is 3. The molecule has 0 radical (unpaired) electrons. The van der Waals surface area contributed by atoms with Crippen LogP contribution in [0.2, 0.25) is 0 Å². The maximum atomic E-state index is 12.3. The highest BCUT2D eigenvalue weighted by atomic mass is 32.1. The van der Waals surface area contributed by atoms with Gasteiger partial charge in [-0.25, -0.2) is 10.3 Å². The van der Waals surface area contributed by atoms with Crippen molar-refractivity contribution in [1.82, 2.24) is 15.7 Å². The van der Waals surface area contributed by atoms with E-state index in [1.165, 1.54) is 11.3 Å². The molecule has 2 N–H and O–H groups in total. The van der Waals surface area contributed by atoms with Gasteiger partial charge in [0.2, 0.25) is 0 Å². The van der Waals surface area contributed by atoms with E-state index in [1.54, 1.807) is 11.5 Å². The average Bonchev–Trinajstić information content (AvgIpc) is 2.95. The summed E-state index contributed by atoms with van der Waals surface area (Å²) in [5.74, 6) is -2.55. The Morgan fingerprint density at radius 3 is 2.72 bits per heavy atom. The third kappa shape index (κ3) is 4.95. The van der Waals surface area contributed by atoms with Crippen LogP contribution >= 0.6 is 11.3 Å². The molecule has 0 spiro atoms. The van der Waals surface area contributed by atoms with Gasteiger partial charge in [0.15, 0.2) is 0 Å². The molecule has 0 fully saturated rings. The summed E-state index contributed by atoms with van der Waals surface area (Å²) in [5.41, 5.74) is 3.55. The second-order valence-electron chi connectivity index (χ2n) is 5.66. The van der Waals surface area contributed by atoms with E-state index in [0.717, 1.165) is 5.56 Å². The largest absolute Gasteiger partial charge is 0.493 e. The molecule has 25 heavy (non-hydrogen) atoms. The van der Waals surface area contributed by atoms with E-state index in [-0.39, 0.29) is 11.6 Å². The lowest BCUT2D eigenvalue weighted by atomic mass is 9.98. The molecule has 0 atom stereocenters. The van der Waals surface area contributed by atoms with Crippen LogP contribution < -0.4 is 10.8 Å². The van der Waals surface area contributed by atoms with E-state index >= 15 is 0 Å². The normalized spacial score (nSPS) is 13.9. The molecule has 6 nitrogen and oxygen atoms in total. The number of halogens is 3. The number of rotatable bonds is 6. The summed E-state index contributed by atoms with van der Waals surface area (Å²) in [5, 5.41) is 4.46. The number of fused-ring (bicyclic) bond motifs is 1. The number of amides is 1. The number of hydroxylamine groups is 1. The lowest BCUT2D eigenvalue weighted by Gasteiger charge is -2.17. The van der Waals surface area contributed by atoms with Gasteiger partial charge in [-0.15, -0.1) is 11.3 Å². The first-order valence-electron chi connectivity index (χ1n) is 7.48. The van der Waals surface area contributed by atoms with Crippen LogP contribution in [0.5, 0.6) is 0 Å². The van der Waals surface area contributed by atoms with E-state index in [2.05, 4.69) is 15.6 Å². The predicted octanol–water partition coefficient (Wildman–Crippen LogP) is 1.94. The van der Waals surface area contributed by atoms with Gasteiger partial charge in [0.05, 0.1) is 16.1 Å². The molecule has 0 saturated heterocycles. The summed E-state index contributed by atoms with van der Waals surface area (Å²) in [7, 11) is 3.78. The topological polar surface area (TPSA) is 70.7 Å². The molecule has 1 aromatic rings. The summed E-state index contributed by atoms with van der Waals surface area (Å²) in [6, 6.07) is 0. The minimum atomic E-state index is -5.07. The van der Waals surface area contributed by atoms with Gasteiger partial charge in [-0.3, -0.25) is 4.79 Å². The molecule has 0 aromatic carbocycles. The Labute approximate surface area is 146 Å². The lowest BCUT2D eigenvalue weighted by molar-refractivity contribution is -0.204.